The van der Waals surface area contributed by atoms with Gasteiger partial charge in [0.2, 0.25) is 0 Å². The summed E-state index contributed by atoms with van der Waals surface area (Å²) in [6.45, 7) is 15.5. The zero-order chi connectivity index (χ0) is 28.3. The topological polar surface area (TPSA) is 94.0 Å². The standard InChI is InChI=1S/C29H42FN3O5/c1-18(9-14-36-8)37-26-22(30)15-20(16-32-26)21-17-31-19(2)23(25(27(34)35)38-28(3,4)5)24(21)33-12-10-29(6,7)11-13-33/h15-18,25H,9-14H2,1-8H3,(H,34,35)/t18?,25-/m0/s1. The van der Waals surface area contributed by atoms with Crippen molar-refractivity contribution in [2.75, 3.05) is 31.7 Å². The fraction of sp³-hybridized carbons (Fsp3) is 0.621. The number of nitrogens with zero attached hydrogens (tertiary/aromatic N) is 3. The molecular weight excluding hydrogens is 489 g/mol. The molecule has 1 unspecified atom stereocenters. The van der Waals surface area contributed by atoms with Crippen LogP contribution in [0.4, 0.5) is 10.1 Å². The molecule has 0 amide bonds. The molecule has 38 heavy (non-hydrogen) atoms. The minimum atomic E-state index is -1.24. The van der Waals surface area contributed by atoms with Crippen LogP contribution in [0, 0.1) is 18.2 Å². The van der Waals surface area contributed by atoms with Gasteiger partial charge in [-0.25, -0.2) is 14.2 Å². The second-order valence-corrected chi connectivity index (χ2v) is 11.8. The van der Waals surface area contributed by atoms with Gasteiger partial charge in [-0.2, -0.15) is 0 Å². The summed E-state index contributed by atoms with van der Waals surface area (Å²) < 4.78 is 32.0. The molecule has 9 heteroatoms. The summed E-state index contributed by atoms with van der Waals surface area (Å²) in [7, 11) is 1.60. The van der Waals surface area contributed by atoms with E-state index in [2.05, 4.69) is 28.7 Å². The first-order valence-electron chi connectivity index (χ1n) is 13.2. The van der Waals surface area contributed by atoms with E-state index in [-0.39, 0.29) is 17.4 Å². The summed E-state index contributed by atoms with van der Waals surface area (Å²) in [5.41, 5.74) is 2.32. The third-order valence-electron chi connectivity index (χ3n) is 6.84. The predicted molar refractivity (Wildman–Crippen MR) is 145 cm³/mol. The van der Waals surface area contributed by atoms with E-state index in [1.807, 2.05) is 27.7 Å². The molecule has 1 N–H and O–H groups in total. The lowest BCUT2D eigenvalue weighted by Gasteiger charge is -2.40. The maximum absolute atomic E-state index is 15.2. The molecule has 0 radical (unpaired) electrons. The van der Waals surface area contributed by atoms with Gasteiger partial charge in [-0.15, -0.1) is 0 Å². The lowest BCUT2D eigenvalue weighted by Crippen LogP contribution is -2.39. The molecule has 1 aliphatic heterocycles. The van der Waals surface area contributed by atoms with Crippen molar-refractivity contribution in [1.29, 1.82) is 0 Å². The lowest BCUT2D eigenvalue weighted by atomic mass is 9.82. The molecule has 8 nitrogen and oxygen atoms in total. The van der Waals surface area contributed by atoms with Crippen LogP contribution in [0.15, 0.2) is 18.5 Å². The van der Waals surface area contributed by atoms with Gasteiger partial charge in [0.15, 0.2) is 11.9 Å². The van der Waals surface area contributed by atoms with Crippen LogP contribution >= 0.6 is 0 Å². The van der Waals surface area contributed by atoms with Gasteiger partial charge >= 0.3 is 5.97 Å². The first kappa shape index (κ1) is 29.8. The number of piperidine rings is 1. The van der Waals surface area contributed by atoms with Crippen molar-refractivity contribution in [1.82, 2.24) is 9.97 Å². The number of anilines is 1. The molecular formula is C29H42FN3O5. The van der Waals surface area contributed by atoms with Crippen molar-refractivity contribution < 1.29 is 28.5 Å². The second-order valence-electron chi connectivity index (χ2n) is 11.8. The molecule has 0 spiro atoms. The van der Waals surface area contributed by atoms with Crippen molar-refractivity contribution in [3.8, 4) is 17.0 Å². The maximum Gasteiger partial charge on any atom is 0.337 e. The number of carboxylic acid groups (broad SMARTS) is 1. The molecule has 1 aliphatic rings. The van der Waals surface area contributed by atoms with Gasteiger partial charge in [0, 0.05) is 68.0 Å². The number of rotatable bonds is 10. The number of aryl methyl sites for hydroxylation is 1. The van der Waals surface area contributed by atoms with Crippen molar-refractivity contribution >= 4 is 11.7 Å². The first-order chi connectivity index (χ1) is 17.7. The van der Waals surface area contributed by atoms with E-state index < -0.39 is 23.5 Å². The van der Waals surface area contributed by atoms with E-state index in [1.165, 1.54) is 6.07 Å². The predicted octanol–water partition coefficient (Wildman–Crippen LogP) is 5.96. The van der Waals surface area contributed by atoms with Gasteiger partial charge in [0.25, 0.3) is 5.88 Å². The number of aromatic nitrogens is 2. The average molecular weight is 532 g/mol. The number of pyridine rings is 2. The molecule has 0 aromatic carbocycles. The van der Waals surface area contributed by atoms with Crippen molar-refractivity contribution in [2.24, 2.45) is 5.41 Å². The average Bonchev–Trinajstić information content (AvgIpc) is 2.82. The van der Waals surface area contributed by atoms with Crippen LogP contribution in [-0.2, 0) is 14.3 Å². The Morgan fingerprint density at radius 3 is 2.42 bits per heavy atom. The largest absolute Gasteiger partial charge is 0.479 e. The molecule has 1 fully saturated rings. The molecule has 210 valence electrons. The second kappa shape index (κ2) is 11.9. The van der Waals surface area contributed by atoms with Crippen LogP contribution in [0.5, 0.6) is 5.88 Å². The lowest BCUT2D eigenvalue weighted by molar-refractivity contribution is -0.160. The Morgan fingerprint density at radius 2 is 1.87 bits per heavy atom. The van der Waals surface area contributed by atoms with E-state index in [1.54, 1.807) is 26.4 Å². The SMILES string of the molecule is COCCC(C)Oc1ncc(-c2cnc(C)c([C@H](OC(C)(C)C)C(=O)O)c2N2CCC(C)(C)CC2)cc1F. The molecule has 0 bridgehead atoms. The zero-order valence-electron chi connectivity index (χ0n) is 23.9. The van der Waals surface area contributed by atoms with Gasteiger partial charge in [-0.1, -0.05) is 13.8 Å². The number of carboxylic acids is 1. The Bertz CT molecular complexity index is 1120. The fourth-order valence-electron chi connectivity index (χ4n) is 4.59. The van der Waals surface area contributed by atoms with Crippen LogP contribution in [0.2, 0.25) is 0 Å². The molecule has 3 heterocycles. The number of hydrogen-bond donors (Lipinski definition) is 1. The Balaban J connectivity index is 2.13. The van der Waals surface area contributed by atoms with Crippen LogP contribution in [0.1, 0.15) is 78.2 Å². The highest BCUT2D eigenvalue weighted by atomic mass is 19.1. The highest BCUT2D eigenvalue weighted by Crippen LogP contribution is 2.43. The third kappa shape index (κ3) is 7.41. The fourth-order valence-corrected chi connectivity index (χ4v) is 4.59. The number of hydrogen-bond acceptors (Lipinski definition) is 7. The molecule has 1 saturated heterocycles. The van der Waals surface area contributed by atoms with E-state index in [0.29, 0.717) is 41.1 Å². The summed E-state index contributed by atoms with van der Waals surface area (Å²) in [5, 5.41) is 10.2. The molecule has 2 aromatic rings. The van der Waals surface area contributed by atoms with Crippen molar-refractivity contribution in [3.63, 3.8) is 0 Å². The summed E-state index contributed by atoms with van der Waals surface area (Å²) in [6, 6.07) is 1.37. The Kier molecular flexibility index (Phi) is 9.36. The van der Waals surface area contributed by atoms with Crippen LogP contribution in [-0.4, -0.2) is 59.6 Å². The molecule has 0 aliphatic carbocycles. The number of aliphatic carboxylic acids is 1. The van der Waals surface area contributed by atoms with Gasteiger partial charge in [0.05, 0.1) is 17.4 Å². The third-order valence-corrected chi connectivity index (χ3v) is 6.84. The zero-order valence-corrected chi connectivity index (χ0v) is 23.9. The maximum atomic E-state index is 15.2. The molecule has 2 aromatic heterocycles. The van der Waals surface area contributed by atoms with E-state index in [9.17, 15) is 9.90 Å². The number of ether oxygens (including phenoxy) is 3. The number of carbonyl (C=O) groups is 1. The number of halogens is 1. The molecule has 2 atom stereocenters. The van der Waals surface area contributed by atoms with E-state index in [4.69, 9.17) is 14.2 Å². The van der Waals surface area contributed by atoms with Crippen LogP contribution in [0.25, 0.3) is 11.1 Å². The summed E-state index contributed by atoms with van der Waals surface area (Å²) in [6.07, 6.45) is 4.18. The molecule has 3 rings (SSSR count). The normalized spacial score (nSPS) is 17.2. The van der Waals surface area contributed by atoms with Crippen LogP contribution < -0.4 is 9.64 Å². The Labute approximate surface area is 225 Å². The minimum absolute atomic E-state index is 0.0848. The Hall–Kier alpha value is -2.78. The smallest absolute Gasteiger partial charge is 0.337 e. The number of methoxy groups -OCH3 is 1. The Morgan fingerprint density at radius 1 is 1.21 bits per heavy atom. The highest BCUT2D eigenvalue weighted by Gasteiger charge is 2.36. The van der Waals surface area contributed by atoms with Crippen molar-refractivity contribution in [2.45, 2.75) is 85.5 Å². The van der Waals surface area contributed by atoms with E-state index in [0.717, 1.165) is 25.9 Å². The van der Waals surface area contributed by atoms with Crippen molar-refractivity contribution in [3.05, 3.63) is 35.5 Å². The van der Waals surface area contributed by atoms with Gasteiger partial charge < -0.3 is 24.2 Å². The molecule has 0 saturated carbocycles. The highest BCUT2D eigenvalue weighted by molar-refractivity contribution is 5.86. The monoisotopic (exact) mass is 531 g/mol. The van der Waals surface area contributed by atoms with Gasteiger partial charge in [0.1, 0.15) is 0 Å². The van der Waals surface area contributed by atoms with Gasteiger partial charge in [-0.3, -0.25) is 4.98 Å². The minimum Gasteiger partial charge on any atom is -0.479 e. The van der Waals surface area contributed by atoms with Gasteiger partial charge in [-0.05, 0) is 58.9 Å². The quantitative estimate of drug-likeness (QED) is 0.401. The van der Waals surface area contributed by atoms with Crippen LogP contribution in [0.3, 0.4) is 0 Å². The van der Waals surface area contributed by atoms with E-state index >= 15 is 4.39 Å². The summed E-state index contributed by atoms with van der Waals surface area (Å²) in [4.78, 5) is 23.5. The summed E-state index contributed by atoms with van der Waals surface area (Å²) in [5.74, 6) is -1.78. The first-order valence-corrected chi connectivity index (χ1v) is 13.2. The summed E-state index contributed by atoms with van der Waals surface area (Å²) >= 11 is 0.